The number of amides is 2. The third-order valence-electron chi connectivity index (χ3n) is 4.08. The molecular formula is C21H23BrN2O6. The van der Waals surface area contributed by atoms with Crippen molar-refractivity contribution in [3.63, 3.8) is 0 Å². The molecule has 0 radical (unpaired) electrons. The molecule has 0 aliphatic carbocycles. The first-order chi connectivity index (χ1) is 14.3. The van der Waals surface area contributed by atoms with Crippen LogP contribution in [0.4, 0.5) is 4.79 Å². The molecule has 30 heavy (non-hydrogen) atoms. The lowest BCUT2D eigenvalue weighted by atomic mass is 10.1. The number of aliphatic hydroxyl groups is 1. The van der Waals surface area contributed by atoms with Gasteiger partial charge in [-0.05, 0) is 23.3 Å². The maximum atomic E-state index is 12.1. The minimum absolute atomic E-state index is 0.0825. The molecule has 2 aromatic carbocycles. The van der Waals surface area contributed by atoms with Crippen LogP contribution < -0.4 is 10.6 Å². The van der Waals surface area contributed by atoms with E-state index in [1.54, 1.807) is 30.3 Å². The van der Waals surface area contributed by atoms with Crippen molar-refractivity contribution in [3.05, 3.63) is 70.2 Å². The fraction of sp³-hybridized carbons (Fsp3) is 0.286. The number of alkyl carbamates (subject to hydrolysis) is 1. The molecule has 9 heteroatoms. The number of carboxylic acid groups (broad SMARTS) is 1. The Morgan fingerprint density at radius 3 is 2.40 bits per heavy atom. The van der Waals surface area contributed by atoms with Crippen LogP contribution in [0.15, 0.2) is 59.1 Å². The van der Waals surface area contributed by atoms with Crippen LogP contribution in [0, 0.1) is 0 Å². The van der Waals surface area contributed by atoms with Crippen molar-refractivity contribution < 1.29 is 29.3 Å². The van der Waals surface area contributed by atoms with Crippen molar-refractivity contribution in [2.24, 2.45) is 0 Å². The van der Waals surface area contributed by atoms with Crippen LogP contribution in [-0.4, -0.2) is 46.9 Å². The number of carbonyl (C=O) groups is 3. The summed E-state index contributed by atoms with van der Waals surface area (Å²) in [6, 6.07) is 15.1. The van der Waals surface area contributed by atoms with Crippen molar-refractivity contribution in [2.45, 2.75) is 31.6 Å². The summed E-state index contributed by atoms with van der Waals surface area (Å²) < 4.78 is 5.81. The molecule has 2 atom stereocenters. The second-order valence-electron chi connectivity index (χ2n) is 6.59. The number of benzene rings is 2. The summed E-state index contributed by atoms with van der Waals surface area (Å²) in [5.41, 5.74) is 1.55. The third-order valence-corrected chi connectivity index (χ3v) is 4.57. The van der Waals surface area contributed by atoms with E-state index in [2.05, 4.69) is 26.6 Å². The smallest absolute Gasteiger partial charge is 0.407 e. The summed E-state index contributed by atoms with van der Waals surface area (Å²) in [7, 11) is 0. The number of aliphatic carboxylic acids is 1. The van der Waals surface area contributed by atoms with Gasteiger partial charge in [0, 0.05) is 17.4 Å². The normalized spacial score (nSPS) is 12.5. The number of halogens is 1. The van der Waals surface area contributed by atoms with Gasteiger partial charge in [-0.1, -0.05) is 58.4 Å². The van der Waals surface area contributed by atoms with Gasteiger partial charge in [-0.2, -0.15) is 0 Å². The average Bonchev–Trinajstić information content (AvgIpc) is 2.71. The van der Waals surface area contributed by atoms with Crippen LogP contribution in [0.25, 0.3) is 0 Å². The number of ether oxygens (including phenoxy) is 1. The molecule has 2 rings (SSSR count). The Morgan fingerprint density at radius 1 is 1.03 bits per heavy atom. The van der Waals surface area contributed by atoms with E-state index in [4.69, 9.17) is 4.74 Å². The van der Waals surface area contributed by atoms with Gasteiger partial charge in [-0.25, -0.2) is 9.59 Å². The lowest BCUT2D eigenvalue weighted by Gasteiger charge is -2.17. The van der Waals surface area contributed by atoms with Crippen molar-refractivity contribution in [1.82, 2.24) is 10.6 Å². The van der Waals surface area contributed by atoms with Gasteiger partial charge in [0.2, 0.25) is 5.91 Å². The van der Waals surface area contributed by atoms with Gasteiger partial charge < -0.3 is 25.6 Å². The summed E-state index contributed by atoms with van der Waals surface area (Å²) in [4.78, 5) is 35.2. The van der Waals surface area contributed by atoms with Gasteiger partial charge in [0.15, 0.2) is 0 Å². The molecule has 0 aromatic heterocycles. The molecule has 0 saturated carbocycles. The van der Waals surface area contributed by atoms with E-state index in [-0.39, 0.29) is 26.0 Å². The molecule has 0 aliphatic heterocycles. The van der Waals surface area contributed by atoms with Crippen LogP contribution >= 0.6 is 15.9 Å². The number of rotatable bonds is 10. The number of hydrogen-bond donors (Lipinski definition) is 4. The van der Waals surface area contributed by atoms with E-state index < -0.39 is 30.1 Å². The summed E-state index contributed by atoms with van der Waals surface area (Å²) in [6.45, 7) is -0.121. The Labute approximate surface area is 182 Å². The molecular weight excluding hydrogens is 456 g/mol. The average molecular weight is 479 g/mol. The zero-order valence-corrected chi connectivity index (χ0v) is 17.7. The first-order valence-electron chi connectivity index (χ1n) is 9.22. The molecule has 0 aliphatic rings. The number of carboxylic acids is 1. The van der Waals surface area contributed by atoms with E-state index >= 15 is 0 Å². The monoisotopic (exact) mass is 478 g/mol. The number of aliphatic hydroxyl groups excluding tert-OH is 1. The first-order valence-corrected chi connectivity index (χ1v) is 10.0. The Balaban J connectivity index is 1.73. The second-order valence-corrected chi connectivity index (χ2v) is 7.51. The lowest BCUT2D eigenvalue weighted by Crippen LogP contribution is -2.44. The van der Waals surface area contributed by atoms with Gasteiger partial charge in [0.25, 0.3) is 0 Å². The summed E-state index contributed by atoms with van der Waals surface area (Å²) in [5.74, 6) is -1.82. The zero-order valence-electron chi connectivity index (χ0n) is 16.1. The molecule has 0 fully saturated rings. The summed E-state index contributed by atoms with van der Waals surface area (Å²) in [6.07, 6.45) is -2.17. The van der Waals surface area contributed by atoms with E-state index in [1.165, 1.54) is 0 Å². The van der Waals surface area contributed by atoms with E-state index in [0.717, 1.165) is 15.6 Å². The fourth-order valence-electron chi connectivity index (χ4n) is 2.61. The maximum absolute atomic E-state index is 12.1. The van der Waals surface area contributed by atoms with Crippen molar-refractivity contribution >= 4 is 33.9 Å². The maximum Gasteiger partial charge on any atom is 0.407 e. The van der Waals surface area contributed by atoms with E-state index in [9.17, 15) is 24.6 Å². The van der Waals surface area contributed by atoms with E-state index in [0.29, 0.717) is 0 Å². The molecule has 2 amide bonds. The highest BCUT2D eigenvalue weighted by Crippen LogP contribution is 2.13. The lowest BCUT2D eigenvalue weighted by molar-refractivity contribution is -0.142. The molecule has 0 spiro atoms. The SMILES string of the molecule is O=C(C[C@@H](O)CNC(=O)OCc1ccccc1)N[C@@H](Cc1cccc(Br)c1)C(=O)O. The van der Waals surface area contributed by atoms with Crippen molar-refractivity contribution in [3.8, 4) is 0 Å². The van der Waals surface area contributed by atoms with Crippen LogP contribution in [0.5, 0.6) is 0 Å². The standard InChI is InChI=1S/C21H23BrN2O6/c22-16-8-4-7-15(9-16)10-18(20(27)28)24-19(26)11-17(25)12-23-21(29)30-13-14-5-2-1-3-6-14/h1-9,17-18,25H,10-13H2,(H,23,29)(H,24,26)(H,27,28)/t17-,18+/m1/s1. The summed E-state index contributed by atoms with van der Waals surface area (Å²) >= 11 is 3.31. The second kappa shape index (κ2) is 11.9. The highest BCUT2D eigenvalue weighted by Gasteiger charge is 2.22. The van der Waals surface area contributed by atoms with Gasteiger partial charge >= 0.3 is 12.1 Å². The Hall–Kier alpha value is -2.91. The number of hydrogen-bond acceptors (Lipinski definition) is 5. The number of carbonyl (C=O) groups excluding carboxylic acids is 2. The highest BCUT2D eigenvalue weighted by atomic mass is 79.9. The van der Waals surface area contributed by atoms with Gasteiger partial charge in [-0.15, -0.1) is 0 Å². The quantitative estimate of drug-likeness (QED) is 0.414. The molecule has 160 valence electrons. The van der Waals surface area contributed by atoms with Gasteiger partial charge in [0.1, 0.15) is 12.6 Å². The molecule has 2 aromatic rings. The fourth-order valence-corrected chi connectivity index (χ4v) is 3.06. The first kappa shape index (κ1) is 23.4. The largest absolute Gasteiger partial charge is 0.480 e. The zero-order chi connectivity index (χ0) is 21.9. The van der Waals surface area contributed by atoms with Crippen LogP contribution in [0.2, 0.25) is 0 Å². The van der Waals surface area contributed by atoms with Gasteiger partial charge in [-0.3, -0.25) is 4.79 Å². The van der Waals surface area contributed by atoms with Crippen LogP contribution in [0.1, 0.15) is 17.5 Å². The topological polar surface area (TPSA) is 125 Å². The minimum Gasteiger partial charge on any atom is -0.480 e. The minimum atomic E-state index is -1.19. The molecule has 0 bridgehead atoms. The van der Waals surface area contributed by atoms with Crippen LogP contribution in [0.3, 0.4) is 0 Å². The van der Waals surface area contributed by atoms with Crippen molar-refractivity contribution in [2.75, 3.05) is 6.54 Å². The number of nitrogens with one attached hydrogen (secondary N) is 2. The van der Waals surface area contributed by atoms with Crippen molar-refractivity contribution in [1.29, 1.82) is 0 Å². The Kier molecular flexibility index (Phi) is 9.30. The van der Waals surface area contributed by atoms with E-state index in [1.807, 2.05) is 24.3 Å². The molecule has 0 heterocycles. The van der Waals surface area contributed by atoms with Gasteiger partial charge in [0.05, 0.1) is 12.5 Å². The molecule has 0 saturated heterocycles. The molecule has 8 nitrogen and oxygen atoms in total. The predicted molar refractivity (Wildman–Crippen MR) is 113 cm³/mol. The molecule has 0 unspecified atom stereocenters. The Bertz CT molecular complexity index is 862. The predicted octanol–water partition coefficient (Wildman–Crippen LogP) is 2.24. The third kappa shape index (κ3) is 8.62. The summed E-state index contributed by atoms with van der Waals surface area (Å²) in [5, 5.41) is 24.1. The Morgan fingerprint density at radius 2 is 1.73 bits per heavy atom. The molecule has 4 N–H and O–H groups in total. The van der Waals surface area contributed by atoms with Crippen LogP contribution in [-0.2, 0) is 27.4 Å². The highest BCUT2D eigenvalue weighted by molar-refractivity contribution is 9.10.